The maximum atomic E-state index is 12.5. The van der Waals surface area contributed by atoms with Crippen molar-refractivity contribution in [1.82, 2.24) is 4.90 Å². The predicted octanol–water partition coefficient (Wildman–Crippen LogP) is 4.42. The highest BCUT2D eigenvalue weighted by atomic mass is 35.5. The van der Waals surface area contributed by atoms with Gasteiger partial charge in [0, 0.05) is 16.4 Å². The molecule has 2 aromatic carbocycles. The van der Waals surface area contributed by atoms with E-state index in [1.165, 1.54) is 0 Å². The van der Waals surface area contributed by atoms with E-state index in [-0.39, 0.29) is 24.9 Å². The molecule has 0 aliphatic rings. The van der Waals surface area contributed by atoms with Crippen molar-refractivity contribution < 1.29 is 9.59 Å². The monoisotopic (exact) mass is 401 g/mol. The molecule has 0 unspecified atom stereocenters. The molecule has 150 valence electrons. The molecule has 6 heteroatoms. The minimum Gasteiger partial charge on any atom is -0.325 e. The molecule has 0 aliphatic heterocycles. The second-order valence-corrected chi connectivity index (χ2v) is 7.26. The number of amides is 2. The van der Waals surface area contributed by atoms with Crippen LogP contribution in [0.4, 0.5) is 11.4 Å². The molecule has 2 rings (SSSR count). The van der Waals surface area contributed by atoms with E-state index in [9.17, 15) is 9.59 Å². The van der Waals surface area contributed by atoms with Crippen molar-refractivity contribution in [3.63, 3.8) is 0 Å². The van der Waals surface area contributed by atoms with Gasteiger partial charge in [0.2, 0.25) is 11.8 Å². The second kappa shape index (κ2) is 10.2. The fourth-order valence-corrected chi connectivity index (χ4v) is 3.16. The zero-order valence-electron chi connectivity index (χ0n) is 16.9. The normalized spacial score (nSPS) is 10.8. The lowest BCUT2D eigenvalue weighted by molar-refractivity contribution is -0.119. The van der Waals surface area contributed by atoms with Gasteiger partial charge in [0.25, 0.3) is 0 Å². The van der Waals surface area contributed by atoms with E-state index < -0.39 is 0 Å². The molecule has 0 heterocycles. The Kier molecular flexibility index (Phi) is 8.03. The largest absolute Gasteiger partial charge is 0.325 e. The lowest BCUT2D eigenvalue weighted by Crippen LogP contribution is -2.38. The minimum atomic E-state index is -0.176. The zero-order valence-corrected chi connectivity index (χ0v) is 17.7. The molecule has 0 atom stereocenters. The van der Waals surface area contributed by atoms with Gasteiger partial charge in [-0.05, 0) is 55.6 Å². The van der Waals surface area contributed by atoms with Gasteiger partial charge in [-0.1, -0.05) is 49.7 Å². The average molecular weight is 402 g/mol. The number of hydrogen-bond acceptors (Lipinski definition) is 3. The summed E-state index contributed by atoms with van der Waals surface area (Å²) in [5, 5.41) is 6.44. The van der Waals surface area contributed by atoms with E-state index in [4.69, 9.17) is 11.6 Å². The molecule has 2 amide bonds. The van der Waals surface area contributed by atoms with E-state index in [1.807, 2.05) is 45.0 Å². The maximum Gasteiger partial charge on any atom is 0.238 e. The molecule has 0 saturated heterocycles. The highest BCUT2D eigenvalue weighted by molar-refractivity contribution is 6.31. The molecule has 2 N–H and O–H groups in total. The molecule has 0 aromatic heterocycles. The summed E-state index contributed by atoms with van der Waals surface area (Å²) in [6.45, 7) is 8.74. The molecule has 0 saturated carbocycles. The van der Waals surface area contributed by atoms with Crippen molar-refractivity contribution in [3.05, 3.63) is 58.1 Å². The van der Waals surface area contributed by atoms with Gasteiger partial charge in [-0.2, -0.15) is 0 Å². The predicted molar refractivity (Wildman–Crippen MR) is 116 cm³/mol. The highest BCUT2D eigenvalue weighted by Crippen LogP contribution is 2.21. The smallest absolute Gasteiger partial charge is 0.238 e. The van der Waals surface area contributed by atoms with Crippen LogP contribution < -0.4 is 10.6 Å². The summed E-state index contributed by atoms with van der Waals surface area (Å²) in [4.78, 5) is 26.8. The quantitative estimate of drug-likeness (QED) is 0.688. The molecular weight excluding hydrogens is 374 g/mol. The summed E-state index contributed by atoms with van der Waals surface area (Å²) in [7, 11) is 0. The molecule has 0 aliphatic carbocycles. The van der Waals surface area contributed by atoms with Crippen molar-refractivity contribution in [3.8, 4) is 0 Å². The van der Waals surface area contributed by atoms with Crippen LogP contribution in [0.5, 0.6) is 0 Å². The Labute approximate surface area is 172 Å². The Morgan fingerprint density at radius 2 is 1.64 bits per heavy atom. The molecule has 5 nitrogen and oxygen atoms in total. The van der Waals surface area contributed by atoms with Gasteiger partial charge < -0.3 is 10.6 Å². The van der Waals surface area contributed by atoms with Crippen LogP contribution in [-0.4, -0.2) is 36.3 Å². The number of carbonyl (C=O) groups excluding carboxylic acids is 2. The number of nitrogens with zero attached hydrogens (tertiary/aromatic N) is 1. The Bertz CT molecular complexity index is 852. The molecule has 2 aromatic rings. The highest BCUT2D eigenvalue weighted by Gasteiger charge is 2.15. The van der Waals surface area contributed by atoms with Crippen LogP contribution in [0.3, 0.4) is 0 Å². The molecule has 0 bridgehead atoms. The topological polar surface area (TPSA) is 61.4 Å². The lowest BCUT2D eigenvalue weighted by atomic mass is 10.1. The Morgan fingerprint density at radius 3 is 2.29 bits per heavy atom. The number of anilines is 2. The first-order valence-electron chi connectivity index (χ1n) is 9.50. The molecular formula is C22H28ClN3O2. The Balaban J connectivity index is 1.97. The van der Waals surface area contributed by atoms with Gasteiger partial charge in [-0.3, -0.25) is 14.5 Å². The van der Waals surface area contributed by atoms with Gasteiger partial charge in [0.15, 0.2) is 0 Å². The number of para-hydroxylation sites is 1. The summed E-state index contributed by atoms with van der Waals surface area (Å²) in [6.07, 6.45) is 0.843. The van der Waals surface area contributed by atoms with Crippen LogP contribution in [0.25, 0.3) is 0 Å². The lowest BCUT2D eigenvalue weighted by Gasteiger charge is -2.21. The van der Waals surface area contributed by atoms with Gasteiger partial charge >= 0.3 is 0 Å². The van der Waals surface area contributed by atoms with Gasteiger partial charge in [0.05, 0.1) is 13.1 Å². The SMILES string of the molecule is CCc1cccc(C)c1NC(=O)CN(CC)CC(=O)Nc1cc(Cl)ccc1C. The van der Waals surface area contributed by atoms with Crippen LogP contribution in [0.15, 0.2) is 36.4 Å². The van der Waals surface area contributed by atoms with E-state index >= 15 is 0 Å². The number of benzene rings is 2. The second-order valence-electron chi connectivity index (χ2n) is 6.82. The first-order valence-corrected chi connectivity index (χ1v) is 9.88. The van der Waals surface area contributed by atoms with Crippen molar-refractivity contribution in [2.45, 2.75) is 34.1 Å². The van der Waals surface area contributed by atoms with Crippen molar-refractivity contribution in [2.24, 2.45) is 0 Å². The van der Waals surface area contributed by atoms with Crippen LogP contribution in [0.1, 0.15) is 30.5 Å². The van der Waals surface area contributed by atoms with E-state index in [2.05, 4.69) is 17.6 Å². The fraction of sp³-hybridized carbons (Fsp3) is 0.364. The first-order chi connectivity index (χ1) is 13.3. The number of aryl methyl sites for hydroxylation is 3. The van der Waals surface area contributed by atoms with Crippen LogP contribution in [0.2, 0.25) is 5.02 Å². The van der Waals surface area contributed by atoms with Crippen molar-refractivity contribution >= 4 is 34.8 Å². The number of hydrogen-bond donors (Lipinski definition) is 2. The first kappa shape index (κ1) is 21.9. The summed E-state index contributed by atoms with van der Waals surface area (Å²) in [5.74, 6) is -0.303. The molecule has 0 radical (unpaired) electrons. The molecule has 0 spiro atoms. The van der Waals surface area contributed by atoms with Crippen LogP contribution >= 0.6 is 11.6 Å². The third-order valence-electron chi connectivity index (χ3n) is 4.66. The standard InChI is InChI=1S/C22H28ClN3O2/c1-5-17-9-7-8-16(4)22(17)25-21(28)14-26(6-2)13-20(27)24-19-12-18(23)11-10-15(19)3/h7-12H,5-6,13-14H2,1-4H3,(H,24,27)(H,25,28). The van der Waals surface area contributed by atoms with Crippen LogP contribution in [-0.2, 0) is 16.0 Å². The number of rotatable bonds is 8. The Morgan fingerprint density at radius 1 is 0.964 bits per heavy atom. The van der Waals surface area contributed by atoms with Crippen LogP contribution in [0, 0.1) is 13.8 Å². The van der Waals surface area contributed by atoms with Crippen molar-refractivity contribution in [1.29, 1.82) is 0 Å². The van der Waals surface area contributed by atoms with Gasteiger partial charge in [-0.25, -0.2) is 0 Å². The third kappa shape index (κ3) is 6.08. The summed E-state index contributed by atoms with van der Waals surface area (Å²) >= 11 is 6.00. The molecule has 0 fully saturated rings. The molecule has 28 heavy (non-hydrogen) atoms. The van der Waals surface area contributed by atoms with Gasteiger partial charge in [0.1, 0.15) is 0 Å². The summed E-state index contributed by atoms with van der Waals surface area (Å²) < 4.78 is 0. The zero-order chi connectivity index (χ0) is 20.7. The maximum absolute atomic E-state index is 12.5. The third-order valence-corrected chi connectivity index (χ3v) is 4.89. The van der Waals surface area contributed by atoms with Crippen molar-refractivity contribution in [2.75, 3.05) is 30.3 Å². The number of carbonyl (C=O) groups is 2. The average Bonchev–Trinajstić information content (AvgIpc) is 2.65. The fourth-order valence-electron chi connectivity index (χ4n) is 2.99. The van der Waals surface area contributed by atoms with E-state index in [0.717, 1.165) is 28.8 Å². The van der Waals surface area contributed by atoms with E-state index in [1.54, 1.807) is 17.0 Å². The summed E-state index contributed by atoms with van der Waals surface area (Å²) in [6, 6.07) is 11.3. The Hall–Kier alpha value is -2.37. The number of likely N-dealkylation sites (N-methyl/N-ethyl adjacent to an activating group) is 1. The van der Waals surface area contributed by atoms with Gasteiger partial charge in [-0.15, -0.1) is 0 Å². The number of nitrogens with one attached hydrogen (secondary N) is 2. The minimum absolute atomic E-state index is 0.127. The summed E-state index contributed by atoms with van der Waals surface area (Å²) in [5.41, 5.74) is 4.62. The number of halogens is 1. The van der Waals surface area contributed by atoms with E-state index in [0.29, 0.717) is 17.3 Å².